The molecule has 0 N–H and O–H groups in total. The van der Waals surface area contributed by atoms with E-state index in [9.17, 15) is 4.79 Å². The van der Waals surface area contributed by atoms with Crippen molar-refractivity contribution < 1.29 is 9.21 Å². The smallest absolute Gasteiger partial charge is 0.289 e. The van der Waals surface area contributed by atoms with Gasteiger partial charge in [-0.1, -0.05) is 36.6 Å². The number of benzene rings is 1. The van der Waals surface area contributed by atoms with Crippen molar-refractivity contribution in [3.8, 4) is 11.3 Å². The van der Waals surface area contributed by atoms with E-state index in [-0.39, 0.29) is 5.91 Å². The third-order valence-corrected chi connectivity index (χ3v) is 6.47. The molecule has 0 bridgehead atoms. The zero-order valence-electron chi connectivity index (χ0n) is 17.3. The number of likely N-dealkylation sites (tertiary alicyclic amines) is 1. The molecule has 2 aromatic heterocycles. The topological polar surface area (TPSA) is 51.3 Å². The lowest BCUT2D eigenvalue weighted by Gasteiger charge is -2.19. The zero-order valence-corrected chi connectivity index (χ0v) is 18.0. The summed E-state index contributed by atoms with van der Waals surface area (Å²) in [6.07, 6.45) is 8.34. The SMILES string of the molecule is Cc1c(C(=O)N2CCCCCC2)oc2c1-c1nn(Cc3cccc(Cl)c3)cc1CC2. The largest absolute Gasteiger partial charge is 0.455 e. The van der Waals surface area contributed by atoms with Crippen LogP contribution in [0.2, 0.25) is 5.02 Å². The molecular weight excluding hydrogens is 398 g/mol. The Labute approximate surface area is 181 Å². The van der Waals surface area contributed by atoms with E-state index in [0.717, 1.165) is 71.9 Å². The van der Waals surface area contributed by atoms with Gasteiger partial charge in [0.2, 0.25) is 0 Å². The number of carbonyl (C=O) groups is 1. The first-order valence-corrected chi connectivity index (χ1v) is 11.2. The predicted molar refractivity (Wildman–Crippen MR) is 117 cm³/mol. The second kappa shape index (κ2) is 7.95. The Bertz CT molecular complexity index is 1090. The molecule has 3 aromatic rings. The highest BCUT2D eigenvalue weighted by atomic mass is 35.5. The number of carbonyl (C=O) groups excluding carboxylic acids is 1. The van der Waals surface area contributed by atoms with Gasteiger partial charge in [-0.25, -0.2) is 0 Å². The van der Waals surface area contributed by atoms with Gasteiger partial charge in [0.05, 0.1) is 12.2 Å². The van der Waals surface area contributed by atoms with Crippen molar-refractivity contribution >= 4 is 17.5 Å². The highest BCUT2D eigenvalue weighted by Crippen LogP contribution is 2.39. The van der Waals surface area contributed by atoms with Crippen molar-refractivity contribution in [2.24, 2.45) is 0 Å². The standard InChI is InChI=1S/C24H26ClN3O2/c1-16-21-20(30-23(16)24(29)27-11-4-2-3-5-12-27)10-9-18-15-28(26-22(18)21)14-17-7-6-8-19(25)13-17/h6-8,13,15H,2-5,9-12,14H2,1H3. The fraction of sp³-hybridized carbons (Fsp3) is 0.417. The van der Waals surface area contributed by atoms with E-state index < -0.39 is 0 Å². The minimum Gasteiger partial charge on any atom is -0.455 e. The minimum atomic E-state index is 0.0312. The number of nitrogens with zero attached hydrogens (tertiary/aromatic N) is 3. The summed E-state index contributed by atoms with van der Waals surface area (Å²) in [5.74, 6) is 1.43. The van der Waals surface area contributed by atoms with Crippen LogP contribution in [0.4, 0.5) is 0 Å². The molecule has 5 rings (SSSR count). The normalized spacial score (nSPS) is 16.1. The highest BCUT2D eigenvalue weighted by Gasteiger charge is 2.31. The Hall–Kier alpha value is -2.53. The summed E-state index contributed by atoms with van der Waals surface area (Å²) in [7, 11) is 0. The Kier molecular flexibility index (Phi) is 5.15. The molecule has 0 saturated carbocycles. The summed E-state index contributed by atoms with van der Waals surface area (Å²) in [5.41, 5.74) is 5.22. The molecule has 1 aliphatic carbocycles. The quantitative estimate of drug-likeness (QED) is 0.576. The number of hydrogen-bond donors (Lipinski definition) is 0. The number of amides is 1. The van der Waals surface area contributed by atoms with Crippen LogP contribution < -0.4 is 0 Å². The number of rotatable bonds is 3. The van der Waals surface area contributed by atoms with Gasteiger partial charge in [0, 0.05) is 41.9 Å². The van der Waals surface area contributed by atoms with E-state index in [2.05, 4.69) is 12.3 Å². The van der Waals surface area contributed by atoms with Gasteiger partial charge in [-0.2, -0.15) is 5.10 Å². The Morgan fingerprint density at radius 2 is 1.97 bits per heavy atom. The van der Waals surface area contributed by atoms with Gasteiger partial charge in [-0.15, -0.1) is 0 Å². The van der Waals surface area contributed by atoms with Crippen molar-refractivity contribution in [2.45, 2.75) is 52.0 Å². The number of furan rings is 1. The predicted octanol–water partition coefficient (Wildman–Crippen LogP) is 5.27. The Balaban J connectivity index is 1.45. The lowest BCUT2D eigenvalue weighted by atomic mass is 9.93. The summed E-state index contributed by atoms with van der Waals surface area (Å²) >= 11 is 6.13. The van der Waals surface area contributed by atoms with Crippen molar-refractivity contribution in [3.63, 3.8) is 0 Å². The van der Waals surface area contributed by atoms with E-state index in [0.29, 0.717) is 12.3 Å². The molecule has 1 amide bonds. The molecule has 0 unspecified atom stereocenters. The fourth-order valence-electron chi connectivity index (χ4n) is 4.69. The van der Waals surface area contributed by atoms with Gasteiger partial charge in [0.25, 0.3) is 5.91 Å². The Morgan fingerprint density at radius 3 is 2.73 bits per heavy atom. The molecule has 1 aromatic carbocycles. The van der Waals surface area contributed by atoms with Crippen molar-refractivity contribution in [3.05, 3.63) is 63.7 Å². The molecule has 3 heterocycles. The van der Waals surface area contributed by atoms with Gasteiger partial charge in [0.1, 0.15) is 5.76 Å². The molecule has 6 heteroatoms. The van der Waals surface area contributed by atoms with Crippen molar-refractivity contribution in [1.29, 1.82) is 0 Å². The molecule has 156 valence electrons. The molecule has 1 fully saturated rings. The molecule has 1 aliphatic heterocycles. The Morgan fingerprint density at radius 1 is 1.17 bits per heavy atom. The van der Waals surface area contributed by atoms with Gasteiger partial charge in [-0.05, 0) is 49.4 Å². The van der Waals surface area contributed by atoms with E-state index in [1.807, 2.05) is 34.7 Å². The minimum absolute atomic E-state index is 0.0312. The first-order chi connectivity index (χ1) is 14.6. The van der Waals surface area contributed by atoms with Gasteiger partial charge >= 0.3 is 0 Å². The second-order valence-corrected chi connectivity index (χ2v) is 8.83. The third-order valence-electron chi connectivity index (χ3n) is 6.24. The average molecular weight is 424 g/mol. The lowest BCUT2D eigenvalue weighted by Crippen LogP contribution is -2.31. The molecule has 30 heavy (non-hydrogen) atoms. The van der Waals surface area contributed by atoms with Crippen LogP contribution in [0.1, 0.15) is 58.7 Å². The molecule has 0 radical (unpaired) electrons. The van der Waals surface area contributed by atoms with Crippen LogP contribution in [0.25, 0.3) is 11.3 Å². The van der Waals surface area contributed by atoms with Crippen molar-refractivity contribution in [2.75, 3.05) is 13.1 Å². The van der Waals surface area contributed by atoms with Gasteiger partial charge < -0.3 is 9.32 Å². The molecule has 1 saturated heterocycles. The van der Waals surface area contributed by atoms with E-state index >= 15 is 0 Å². The maximum absolute atomic E-state index is 13.2. The summed E-state index contributed by atoms with van der Waals surface area (Å²) in [5, 5.41) is 5.60. The first-order valence-electron chi connectivity index (χ1n) is 10.8. The maximum atomic E-state index is 13.2. The third kappa shape index (κ3) is 3.56. The van der Waals surface area contributed by atoms with Crippen LogP contribution in [0.3, 0.4) is 0 Å². The zero-order chi connectivity index (χ0) is 20.7. The van der Waals surface area contributed by atoms with Crippen LogP contribution in [0, 0.1) is 6.92 Å². The summed E-state index contributed by atoms with van der Waals surface area (Å²) in [6.45, 7) is 4.31. The van der Waals surface area contributed by atoms with E-state index in [1.54, 1.807) is 0 Å². The van der Waals surface area contributed by atoms with Crippen molar-refractivity contribution in [1.82, 2.24) is 14.7 Å². The summed E-state index contributed by atoms with van der Waals surface area (Å²) in [6, 6.07) is 7.86. The average Bonchev–Trinajstić information content (AvgIpc) is 3.15. The summed E-state index contributed by atoms with van der Waals surface area (Å²) < 4.78 is 8.10. The van der Waals surface area contributed by atoms with Gasteiger partial charge in [0.15, 0.2) is 5.76 Å². The fourth-order valence-corrected chi connectivity index (χ4v) is 4.90. The van der Waals surface area contributed by atoms with Crippen LogP contribution in [0.15, 0.2) is 34.9 Å². The summed E-state index contributed by atoms with van der Waals surface area (Å²) in [4.78, 5) is 15.1. The van der Waals surface area contributed by atoms with E-state index in [1.165, 1.54) is 18.4 Å². The van der Waals surface area contributed by atoms with Crippen LogP contribution in [-0.4, -0.2) is 33.7 Å². The second-order valence-electron chi connectivity index (χ2n) is 8.39. The molecule has 2 aliphatic rings. The van der Waals surface area contributed by atoms with Crippen LogP contribution >= 0.6 is 11.6 Å². The van der Waals surface area contributed by atoms with Crippen LogP contribution in [-0.2, 0) is 19.4 Å². The lowest BCUT2D eigenvalue weighted by molar-refractivity contribution is 0.0726. The molecular formula is C24H26ClN3O2. The first kappa shape index (κ1) is 19.4. The maximum Gasteiger partial charge on any atom is 0.289 e. The monoisotopic (exact) mass is 423 g/mol. The van der Waals surface area contributed by atoms with E-state index in [4.69, 9.17) is 21.1 Å². The number of fused-ring (bicyclic) bond motifs is 3. The van der Waals surface area contributed by atoms with Gasteiger partial charge in [-0.3, -0.25) is 9.48 Å². The van der Waals surface area contributed by atoms with Crippen LogP contribution in [0.5, 0.6) is 0 Å². The number of halogens is 1. The molecule has 5 nitrogen and oxygen atoms in total. The molecule has 0 atom stereocenters. The number of hydrogen-bond acceptors (Lipinski definition) is 3. The highest BCUT2D eigenvalue weighted by molar-refractivity contribution is 6.30. The number of aromatic nitrogens is 2. The number of aryl methyl sites for hydroxylation is 2. The molecule has 0 spiro atoms.